The van der Waals surface area contributed by atoms with Crippen LogP contribution in [0.3, 0.4) is 0 Å². The fourth-order valence-corrected chi connectivity index (χ4v) is 3.18. The molecule has 0 atom stereocenters. The first-order valence-electron chi connectivity index (χ1n) is 8.07. The third-order valence-corrected chi connectivity index (χ3v) is 4.41. The number of hydrogen-bond acceptors (Lipinski definition) is 5. The molecule has 28 heavy (non-hydrogen) atoms. The number of phenols is 1. The second kappa shape index (κ2) is 5.59. The highest BCUT2D eigenvalue weighted by molar-refractivity contribution is 6.06. The smallest absolute Gasteiger partial charge is 0.233 e. The second-order valence-corrected chi connectivity index (χ2v) is 6.14. The Labute approximate surface area is 153 Å². The van der Waals surface area contributed by atoms with Gasteiger partial charge in [-0.2, -0.15) is 0 Å². The largest absolute Gasteiger partial charge is 0.507 e. The normalized spacial score (nSPS) is 11.7. The summed E-state index contributed by atoms with van der Waals surface area (Å²) in [5, 5.41) is 10.4. The van der Waals surface area contributed by atoms with Gasteiger partial charge in [-0.1, -0.05) is 12.1 Å². The molecule has 0 aliphatic rings. The maximum Gasteiger partial charge on any atom is 0.233 e. The number of rotatable bonds is 1. The van der Waals surface area contributed by atoms with Crippen molar-refractivity contribution in [1.82, 2.24) is 4.98 Å². The van der Waals surface area contributed by atoms with Crippen LogP contribution in [0.1, 0.15) is 0 Å². The van der Waals surface area contributed by atoms with Crippen molar-refractivity contribution in [2.75, 3.05) is 0 Å². The van der Waals surface area contributed by atoms with E-state index in [4.69, 9.17) is 8.83 Å². The van der Waals surface area contributed by atoms with Crippen molar-refractivity contribution in [3.63, 3.8) is 0 Å². The molecule has 5 nitrogen and oxygen atoms in total. The van der Waals surface area contributed by atoms with E-state index in [0.29, 0.717) is 12.1 Å². The van der Waals surface area contributed by atoms with Gasteiger partial charge in [0, 0.05) is 18.2 Å². The number of phenolic OH excluding ortho intramolecular Hbond substituents is 1. The predicted molar refractivity (Wildman–Crippen MR) is 94.5 cm³/mol. The molecule has 2 aromatic heterocycles. The van der Waals surface area contributed by atoms with Crippen LogP contribution in [0.4, 0.5) is 13.2 Å². The Bertz CT molecular complexity index is 1460. The molecule has 3 aromatic carbocycles. The molecule has 0 unspecified atom stereocenters. The number of benzene rings is 3. The molecule has 5 aromatic rings. The predicted octanol–water partition coefficient (Wildman–Crippen LogP) is 4.88. The maximum absolute atomic E-state index is 14.1. The molecular formula is C20H8F3NO4. The monoisotopic (exact) mass is 383 g/mol. The van der Waals surface area contributed by atoms with Crippen molar-refractivity contribution in [3.8, 4) is 17.2 Å². The van der Waals surface area contributed by atoms with E-state index in [1.807, 2.05) is 0 Å². The first kappa shape index (κ1) is 16.4. The van der Waals surface area contributed by atoms with E-state index in [1.54, 1.807) is 24.3 Å². The van der Waals surface area contributed by atoms with Gasteiger partial charge in [0.05, 0.1) is 5.39 Å². The maximum atomic E-state index is 14.1. The molecule has 0 aliphatic heterocycles. The molecule has 0 bridgehead atoms. The number of aromatic nitrogens is 1. The number of fused-ring (bicyclic) bond motifs is 4. The Hall–Kier alpha value is -3.81. The van der Waals surface area contributed by atoms with Crippen molar-refractivity contribution < 1.29 is 27.1 Å². The van der Waals surface area contributed by atoms with Crippen LogP contribution >= 0.6 is 0 Å². The average Bonchev–Trinajstić information content (AvgIpc) is 3.04. The van der Waals surface area contributed by atoms with E-state index in [0.717, 1.165) is 6.07 Å². The SMILES string of the molecule is O=c1c2ccccc2oc2c1c(O)cc1oc(-c3c(F)cc(F)cc3F)nc12. The lowest BCUT2D eigenvalue weighted by molar-refractivity contribution is 0.479. The van der Waals surface area contributed by atoms with Gasteiger partial charge in [0.1, 0.15) is 39.7 Å². The zero-order chi connectivity index (χ0) is 19.6. The Balaban J connectivity index is 1.91. The average molecular weight is 383 g/mol. The fourth-order valence-electron chi connectivity index (χ4n) is 3.18. The van der Waals surface area contributed by atoms with Gasteiger partial charge in [-0.05, 0) is 12.1 Å². The Kier molecular flexibility index (Phi) is 3.27. The van der Waals surface area contributed by atoms with Gasteiger partial charge in [0.2, 0.25) is 11.3 Å². The summed E-state index contributed by atoms with van der Waals surface area (Å²) in [6.07, 6.45) is 0. The summed E-state index contributed by atoms with van der Waals surface area (Å²) >= 11 is 0. The lowest BCUT2D eigenvalue weighted by atomic mass is 10.1. The molecule has 5 rings (SSSR count). The summed E-state index contributed by atoms with van der Waals surface area (Å²) in [6, 6.07) is 8.52. The zero-order valence-electron chi connectivity index (χ0n) is 13.8. The standard InChI is InChI=1S/C20H8F3NO4/c21-8-5-10(22)15(11(23)6-8)20-24-17-14(28-20)7-12(25)16-18(26)9-3-1-2-4-13(9)27-19(16)17/h1-7,25H. The molecule has 138 valence electrons. The van der Waals surface area contributed by atoms with Crippen molar-refractivity contribution in [3.05, 3.63) is 70.1 Å². The molecule has 2 heterocycles. The number of para-hydroxylation sites is 1. The summed E-state index contributed by atoms with van der Waals surface area (Å²) in [4.78, 5) is 16.8. The van der Waals surface area contributed by atoms with Crippen LogP contribution in [0.2, 0.25) is 0 Å². The van der Waals surface area contributed by atoms with Crippen LogP contribution in [0.5, 0.6) is 5.75 Å². The minimum atomic E-state index is -1.20. The van der Waals surface area contributed by atoms with Gasteiger partial charge in [-0.25, -0.2) is 18.2 Å². The van der Waals surface area contributed by atoms with E-state index in [1.165, 1.54) is 0 Å². The summed E-state index contributed by atoms with van der Waals surface area (Å²) in [7, 11) is 0. The van der Waals surface area contributed by atoms with Crippen LogP contribution in [0.15, 0.2) is 56.1 Å². The van der Waals surface area contributed by atoms with E-state index < -0.39 is 40.1 Å². The van der Waals surface area contributed by atoms with Crippen LogP contribution < -0.4 is 5.43 Å². The third kappa shape index (κ3) is 2.21. The lowest BCUT2D eigenvalue weighted by Gasteiger charge is -2.03. The van der Waals surface area contributed by atoms with Crippen molar-refractivity contribution >= 4 is 33.0 Å². The van der Waals surface area contributed by atoms with Crippen LogP contribution in [-0.4, -0.2) is 10.1 Å². The van der Waals surface area contributed by atoms with Gasteiger partial charge in [0.15, 0.2) is 16.7 Å². The second-order valence-electron chi connectivity index (χ2n) is 6.14. The summed E-state index contributed by atoms with van der Waals surface area (Å²) < 4.78 is 52.4. The van der Waals surface area contributed by atoms with Crippen molar-refractivity contribution in [2.24, 2.45) is 0 Å². The van der Waals surface area contributed by atoms with E-state index in [-0.39, 0.29) is 33.0 Å². The molecule has 0 saturated carbocycles. The highest BCUT2D eigenvalue weighted by Gasteiger charge is 2.23. The molecular weight excluding hydrogens is 375 g/mol. The molecule has 0 saturated heterocycles. The molecule has 8 heteroatoms. The van der Waals surface area contributed by atoms with E-state index in [2.05, 4.69) is 4.98 Å². The number of hydrogen-bond donors (Lipinski definition) is 1. The van der Waals surface area contributed by atoms with Gasteiger partial charge in [0.25, 0.3) is 0 Å². The first-order valence-corrected chi connectivity index (χ1v) is 8.07. The van der Waals surface area contributed by atoms with Gasteiger partial charge in [-0.3, -0.25) is 4.79 Å². The number of halogens is 3. The quantitative estimate of drug-likeness (QED) is 0.418. The third-order valence-electron chi connectivity index (χ3n) is 4.41. The minimum Gasteiger partial charge on any atom is -0.507 e. The van der Waals surface area contributed by atoms with Crippen molar-refractivity contribution in [2.45, 2.75) is 0 Å². The Morgan fingerprint density at radius 3 is 2.39 bits per heavy atom. The summed E-state index contributed by atoms with van der Waals surface area (Å²) in [5.41, 5.74) is -1.06. The lowest BCUT2D eigenvalue weighted by Crippen LogP contribution is -2.02. The van der Waals surface area contributed by atoms with E-state index in [9.17, 15) is 23.1 Å². The highest BCUT2D eigenvalue weighted by atomic mass is 19.1. The number of nitrogens with zero attached hydrogens (tertiary/aromatic N) is 1. The summed E-state index contributed by atoms with van der Waals surface area (Å²) in [5.74, 6) is -4.40. The van der Waals surface area contributed by atoms with Crippen molar-refractivity contribution in [1.29, 1.82) is 0 Å². The van der Waals surface area contributed by atoms with Crippen LogP contribution in [0, 0.1) is 17.5 Å². The topological polar surface area (TPSA) is 76.5 Å². The molecule has 0 amide bonds. The fraction of sp³-hybridized carbons (Fsp3) is 0. The highest BCUT2D eigenvalue weighted by Crippen LogP contribution is 2.36. The number of aromatic hydroxyl groups is 1. The summed E-state index contributed by atoms with van der Waals surface area (Å²) in [6.45, 7) is 0. The van der Waals surface area contributed by atoms with Crippen LogP contribution in [-0.2, 0) is 0 Å². The van der Waals surface area contributed by atoms with Gasteiger partial charge < -0.3 is 13.9 Å². The Morgan fingerprint density at radius 2 is 1.64 bits per heavy atom. The Morgan fingerprint density at radius 1 is 0.929 bits per heavy atom. The zero-order valence-corrected chi connectivity index (χ0v) is 13.8. The van der Waals surface area contributed by atoms with E-state index >= 15 is 0 Å². The molecule has 0 fully saturated rings. The first-order chi connectivity index (χ1) is 13.4. The van der Waals surface area contributed by atoms with Crippen LogP contribution in [0.25, 0.3) is 44.5 Å². The number of oxazole rings is 1. The van der Waals surface area contributed by atoms with Gasteiger partial charge in [-0.15, -0.1) is 0 Å². The molecule has 0 spiro atoms. The molecule has 1 N–H and O–H groups in total. The minimum absolute atomic E-state index is 0.00576. The molecule has 0 radical (unpaired) electrons. The van der Waals surface area contributed by atoms with Gasteiger partial charge >= 0.3 is 0 Å². The molecule has 0 aliphatic carbocycles.